The van der Waals surface area contributed by atoms with Crippen molar-refractivity contribution in [1.29, 1.82) is 0 Å². The van der Waals surface area contributed by atoms with E-state index < -0.39 is 29.2 Å². The molecule has 3 fully saturated rings. The summed E-state index contributed by atoms with van der Waals surface area (Å²) in [6.07, 6.45) is 12.2. The molecule has 3 saturated heterocycles. The molecule has 0 aliphatic carbocycles. The van der Waals surface area contributed by atoms with Crippen molar-refractivity contribution in [1.82, 2.24) is 30.1 Å². The molecule has 0 saturated carbocycles. The molecule has 12 rings (SSSR count). The van der Waals surface area contributed by atoms with Gasteiger partial charge in [0.15, 0.2) is 0 Å². The number of rotatable bonds is 14. The Morgan fingerprint density at radius 2 is 0.823 bits per heavy atom. The number of hydrogen-bond donors (Lipinski definition) is 5. The topological polar surface area (TPSA) is 231 Å². The monoisotopic (exact) mass is 1290 g/mol. The Morgan fingerprint density at radius 1 is 0.448 bits per heavy atom. The fraction of sp³-hybridized carbons (Fsp3) is 0.291. The minimum Gasteiger partial charge on any atom is -0.481 e. The lowest BCUT2D eigenvalue weighted by molar-refractivity contribution is -0.142. The fourth-order valence-electron chi connectivity index (χ4n) is 12.0. The van der Waals surface area contributed by atoms with Crippen LogP contribution in [0.2, 0.25) is 0 Å². The number of carbonyl (C=O) groups is 5. The van der Waals surface area contributed by atoms with Crippen LogP contribution in [0.3, 0.4) is 0 Å². The maximum absolute atomic E-state index is 13.4. The summed E-state index contributed by atoms with van der Waals surface area (Å²) >= 11 is 0. The molecule has 496 valence electrons. The number of nitrogen functional groups attached to an aromatic ring is 1. The molecular weight excluding hydrogens is 1200 g/mol. The van der Waals surface area contributed by atoms with E-state index in [0.717, 1.165) is 81.1 Å². The van der Waals surface area contributed by atoms with Crippen molar-refractivity contribution in [3.63, 3.8) is 0 Å². The molecule has 3 aliphatic heterocycles. The van der Waals surface area contributed by atoms with E-state index in [0.29, 0.717) is 38.4 Å². The third-order valence-electron chi connectivity index (χ3n) is 16.7. The van der Waals surface area contributed by atoms with Gasteiger partial charge in [0.1, 0.15) is 11.2 Å². The highest BCUT2D eigenvalue weighted by molar-refractivity contribution is 5.95. The molecule has 6 N–H and O–H groups in total. The van der Waals surface area contributed by atoms with E-state index in [1.165, 1.54) is 10.5 Å². The summed E-state index contributed by atoms with van der Waals surface area (Å²) in [6, 6.07) is 65.4. The summed E-state index contributed by atoms with van der Waals surface area (Å²) in [7, 11) is 0. The number of likely N-dealkylation sites (tertiary alicyclic amines) is 2. The predicted molar refractivity (Wildman–Crippen MR) is 378 cm³/mol. The van der Waals surface area contributed by atoms with Gasteiger partial charge in [-0.15, -0.1) is 0 Å². The van der Waals surface area contributed by atoms with E-state index >= 15 is 0 Å². The first kappa shape index (κ1) is 69.8. The highest BCUT2D eigenvalue weighted by Crippen LogP contribution is 2.33. The van der Waals surface area contributed by atoms with Gasteiger partial charge in [-0.2, -0.15) is 0 Å². The number of nitrogens with one attached hydrogen (secondary N) is 3. The summed E-state index contributed by atoms with van der Waals surface area (Å²) in [5.74, 6) is -1.54. The van der Waals surface area contributed by atoms with E-state index in [9.17, 15) is 29.1 Å². The standard InChI is InChI=1S/C28H31N3O3.C23H23N3O.C17H23NO4.C11H10N2/c1-28(2,3)34-27(33)31-18-23(15-20-9-5-4-6-10-20)25(19-31)26(32)30-24-13-7-11-21(16-24)22-12-8-14-29-17-22;27-23(22-16-25-15-20(22)12-17-6-2-1-3-7-17)26-21-10-4-8-18(13-21)19-9-5-11-24-14-19;1-17(2,3)22-16(21)18-10-13(14(11-18)15(19)20)9-12-7-5-4-6-8-12;12-11-5-1-3-9(7-11)10-4-2-6-13-8-10/h4-14,16-17,23,25H,15,18-19H2,1-3H3,(H,30,32);1-11,13-14,20,22,25H,12,15-16H2,(H,26,27);4-8,13-14H,9-11H2,1-3H3,(H,19,20);1-8H,12H2/t23-,25-;20-,22-;13-,14-;/m111./s1. The van der Waals surface area contributed by atoms with Crippen LogP contribution in [-0.2, 0) is 43.1 Å². The van der Waals surface area contributed by atoms with Crippen molar-refractivity contribution >= 4 is 47.0 Å². The molecule has 3 aliphatic rings. The number of benzene rings is 6. The zero-order valence-electron chi connectivity index (χ0n) is 55.5. The van der Waals surface area contributed by atoms with Gasteiger partial charge in [0.2, 0.25) is 11.8 Å². The zero-order valence-corrected chi connectivity index (χ0v) is 55.5. The SMILES string of the molecule is CC(C)(C)OC(=O)N1C[C@@H](Cc2ccccc2)[C@H](C(=O)Nc2cccc(-c3cccnc3)c2)C1.CC(C)(C)OC(=O)N1C[C@@H](Cc2ccccc2)[C@H](C(=O)O)C1.Nc1cccc(-c2cccnc2)c1.O=C(Nc1cccc(-c2cccnc2)c1)[C@@H]1CNC[C@H]1Cc1ccccc1. The van der Waals surface area contributed by atoms with Gasteiger partial charge in [-0.3, -0.25) is 29.3 Å². The summed E-state index contributed by atoms with van der Waals surface area (Å²) in [5.41, 5.74) is 16.6. The van der Waals surface area contributed by atoms with Crippen molar-refractivity contribution in [3.8, 4) is 33.4 Å². The van der Waals surface area contributed by atoms with Gasteiger partial charge in [-0.25, -0.2) is 9.59 Å². The largest absolute Gasteiger partial charge is 0.481 e. The molecule has 0 spiro atoms. The minimum atomic E-state index is -0.855. The molecule has 17 heteroatoms. The number of nitrogens with zero attached hydrogens (tertiary/aromatic N) is 5. The van der Waals surface area contributed by atoms with Crippen LogP contribution in [-0.4, -0.2) is 110 Å². The number of nitrogens with two attached hydrogens (primary N) is 1. The van der Waals surface area contributed by atoms with Crippen LogP contribution in [0.5, 0.6) is 0 Å². The van der Waals surface area contributed by atoms with E-state index in [4.69, 9.17) is 15.2 Å². The Kier molecular flexibility index (Phi) is 24.4. The summed E-state index contributed by atoms with van der Waals surface area (Å²) in [4.78, 5) is 78.3. The molecule has 0 radical (unpaired) electrons. The molecule has 6 aromatic carbocycles. The first-order valence-corrected chi connectivity index (χ1v) is 32.6. The first-order chi connectivity index (χ1) is 46.2. The van der Waals surface area contributed by atoms with Crippen LogP contribution in [0.25, 0.3) is 33.4 Å². The highest BCUT2D eigenvalue weighted by Gasteiger charge is 2.42. The van der Waals surface area contributed by atoms with Gasteiger partial charge in [0.25, 0.3) is 0 Å². The van der Waals surface area contributed by atoms with Crippen LogP contribution in [0, 0.1) is 35.5 Å². The second kappa shape index (κ2) is 33.5. The average molecular weight is 1290 g/mol. The average Bonchev–Trinajstić information content (AvgIpc) is 1.66. The molecule has 0 bridgehead atoms. The molecule has 4 amide bonds. The van der Waals surface area contributed by atoms with Crippen molar-refractivity contribution in [2.45, 2.75) is 72.0 Å². The second-order valence-electron chi connectivity index (χ2n) is 26.4. The number of aliphatic carboxylic acids is 1. The summed E-state index contributed by atoms with van der Waals surface area (Å²) in [6.45, 7) is 14.0. The Hall–Kier alpha value is -10.5. The van der Waals surface area contributed by atoms with E-state index in [1.807, 2.05) is 197 Å². The highest BCUT2D eigenvalue weighted by atomic mass is 16.6. The number of anilines is 3. The predicted octanol–water partition coefficient (Wildman–Crippen LogP) is 14.3. The summed E-state index contributed by atoms with van der Waals surface area (Å²) in [5, 5.41) is 19.0. The van der Waals surface area contributed by atoms with Gasteiger partial charge in [0, 0.05) is 104 Å². The minimum absolute atomic E-state index is 0.00331. The Balaban J connectivity index is 0.000000157. The van der Waals surface area contributed by atoms with E-state index in [1.54, 1.807) is 50.5 Å². The van der Waals surface area contributed by atoms with Crippen molar-refractivity contribution in [2.75, 3.05) is 55.6 Å². The molecular formula is C79H87N9O8. The lowest BCUT2D eigenvalue weighted by Crippen LogP contribution is -2.36. The maximum atomic E-state index is 13.4. The Morgan fingerprint density at radius 3 is 1.22 bits per heavy atom. The fourth-order valence-corrected chi connectivity index (χ4v) is 12.0. The van der Waals surface area contributed by atoms with Gasteiger partial charge >= 0.3 is 18.2 Å². The molecule has 17 nitrogen and oxygen atoms in total. The van der Waals surface area contributed by atoms with Gasteiger partial charge in [-0.1, -0.05) is 146 Å². The van der Waals surface area contributed by atoms with E-state index in [2.05, 4.69) is 67.3 Å². The third kappa shape index (κ3) is 21.2. The zero-order chi connectivity index (χ0) is 68.0. The Labute approximate surface area is 563 Å². The third-order valence-corrected chi connectivity index (χ3v) is 16.7. The van der Waals surface area contributed by atoms with Crippen molar-refractivity contribution in [2.24, 2.45) is 35.5 Å². The molecule has 96 heavy (non-hydrogen) atoms. The van der Waals surface area contributed by atoms with Gasteiger partial charge in [-0.05, 0) is 173 Å². The lowest BCUT2D eigenvalue weighted by atomic mass is 9.89. The Bertz CT molecular complexity index is 3950. The van der Waals surface area contributed by atoms with Gasteiger partial charge < -0.3 is 46.1 Å². The first-order valence-electron chi connectivity index (χ1n) is 32.6. The van der Waals surface area contributed by atoms with Crippen LogP contribution in [0.15, 0.2) is 237 Å². The van der Waals surface area contributed by atoms with Crippen LogP contribution >= 0.6 is 0 Å². The van der Waals surface area contributed by atoms with Crippen molar-refractivity contribution < 1.29 is 38.6 Å². The van der Waals surface area contributed by atoms with Crippen LogP contribution in [0.1, 0.15) is 58.2 Å². The number of pyridine rings is 3. The normalized spacial score (nSPS) is 18.0. The van der Waals surface area contributed by atoms with Crippen LogP contribution in [0.4, 0.5) is 26.7 Å². The molecule has 3 aromatic heterocycles. The quantitative estimate of drug-likeness (QED) is 0.0639. The van der Waals surface area contributed by atoms with Gasteiger partial charge in [0.05, 0.1) is 17.8 Å². The molecule has 9 aromatic rings. The number of carbonyl (C=O) groups excluding carboxylic acids is 4. The molecule has 6 heterocycles. The number of carboxylic acid groups (broad SMARTS) is 1. The lowest BCUT2D eigenvalue weighted by Gasteiger charge is -2.24. The molecule has 6 atom stereocenters. The second-order valence-corrected chi connectivity index (χ2v) is 26.4. The van der Waals surface area contributed by atoms with Crippen molar-refractivity contribution in [3.05, 3.63) is 254 Å². The number of hydrogen-bond acceptors (Lipinski definition) is 12. The van der Waals surface area contributed by atoms with Crippen LogP contribution < -0.4 is 21.7 Å². The number of carboxylic acids is 1. The maximum Gasteiger partial charge on any atom is 0.410 e. The smallest absolute Gasteiger partial charge is 0.410 e. The molecule has 0 unspecified atom stereocenters. The van der Waals surface area contributed by atoms with E-state index in [-0.39, 0.29) is 48.1 Å². The number of ether oxygens (including phenoxy) is 2. The number of amides is 4. The summed E-state index contributed by atoms with van der Waals surface area (Å²) < 4.78 is 10.9. The number of aromatic nitrogens is 3.